The highest BCUT2D eigenvalue weighted by Gasteiger charge is 2.40. The van der Waals surface area contributed by atoms with Crippen molar-refractivity contribution in [1.82, 2.24) is 19.5 Å². The summed E-state index contributed by atoms with van der Waals surface area (Å²) in [5.74, 6) is -1.41. The van der Waals surface area contributed by atoms with Gasteiger partial charge in [0.05, 0.1) is 12.4 Å². The number of hydrogen-bond acceptors (Lipinski definition) is 8. The van der Waals surface area contributed by atoms with Crippen molar-refractivity contribution in [3.05, 3.63) is 54.0 Å². The van der Waals surface area contributed by atoms with Crippen molar-refractivity contribution in [1.29, 1.82) is 0 Å². The van der Waals surface area contributed by atoms with E-state index in [-0.39, 0.29) is 18.5 Å². The molecule has 0 radical (unpaired) electrons. The quantitative estimate of drug-likeness (QED) is 0.587. The average molecular weight is 439 g/mol. The minimum atomic E-state index is -0.845. The Bertz CT molecular complexity index is 1220. The van der Waals surface area contributed by atoms with E-state index in [1.807, 2.05) is 0 Å². The molecular weight excluding hydrogens is 418 g/mol. The van der Waals surface area contributed by atoms with Gasteiger partial charge in [-0.15, -0.1) is 0 Å². The Balaban J connectivity index is 1.77. The minimum absolute atomic E-state index is 0.000684. The number of fused-ring (bicyclic) bond motifs is 1. The maximum atomic E-state index is 12.8. The van der Waals surface area contributed by atoms with Gasteiger partial charge in [-0.25, -0.2) is 9.97 Å². The first kappa shape index (κ1) is 21.4. The summed E-state index contributed by atoms with van der Waals surface area (Å²) in [4.78, 5) is 51.4. The Morgan fingerprint density at radius 3 is 2.69 bits per heavy atom. The number of carbonyl (C=O) groups excluding carboxylic acids is 3. The van der Waals surface area contributed by atoms with E-state index >= 15 is 0 Å². The van der Waals surface area contributed by atoms with Crippen molar-refractivity contribution < 1.29 is 28.6 Å². The van der Waals surface area contributed by atoms with Gasteiger partial charge in [-0.3, -0.25) is 19.0 Å². The predicted molar refractivity (Wildman–Crippen MR) is 109 cm³/mol. The Hall–Kier alpha value is -3.86. The molecule has 0 aliphatic carbocycles. The van der Waals surface area contributed by atoms with Crippen LogP contribution in [0.2, 0.25) is 0 Å². The van der Waals surface area contributed by atoms with E-state index in [0.29, 0.717) is 16.7 Å². The van der Waals surface area contributed by atoms with Crippen molar-refractivity contribution in [3.8, 4) is 0 Å². The average Bonchev–Trinajstić information content (AvgIpc) is 3.40. The molecule has 1 N–H and O–H groups in total. The normalized spacial score (nSPS) is 20.9. The van der Waals surface area contributed by atoms with Crippen LogP contribution in [-0.4, -0.2) is 56.2 Å². The number of hydrogen-bond donors (Lipinski definition) is 1. The second-order valence-corrected chi connectivity index (χ2v) is 7.19. The summed E-state index contributed by atoms with van der Waals surface area (Å²) >= 11 is 0. The SMILES string of the molecule is CC(=O)OC[C@@H]1C[C@@H](OC(C)=O)[C@H](n2cnc3nc[nH]c3c2=NC(=O)c2ccccc2)O1. The van der Waals surface area contributed by atoms with Gasteiger partial charge in [0.25, 0.3) is 5.91 Å². The van der Waals surface area contributed by atoms with E-state index < -0.39 is 36.3 Å². The van der Waals surface area contributed by atoms with Crippen LogP contribution < -0.4 is 5.49 Å². The molecule has 2 aromatic heterocycles. The number of amides is 1. The molecule has 4 rings (SSSR count). The molecule has 3 atom stereocenters. The molecule has 0 unspecified atom stereocenters. The summed E-state index contributed by atoms with van der Waals surface area (Å²) in [5, 5.41) is 0. The monoisotopic (exact) mass is 439 g/mol. The summed E-state index contributed by atoms with van der Waals surface area (Å²) in [6.45, 7) is 2.59. The lowest BCUT2D eigenvalue weighted by atomic mass is 10.2. The second-order valence-electron chi connectivity index (χ2n) is 7.19. The van der Waals surface area contributed by atoms with Crippen LogP contribution in [0, 0.1) is 0 Å². The molecule has 1 saturated heterocycles. The first-order chi connectivity index (χ1) is 15.4. The van der Waals surface area contributed by atoms with Gasteiger partial charge in [-0.2, -0.15) is 4.99 Å². The molecule has 3 aromatic rings. The lowest BCUT2D eigenvalue weighted by molar-refractivity contribution is -0.153. The second kappa shape index (κ2) is 9.10. The standard InChI is InChI=1S/C21H21N5O6/c1-12(27)30-9-15-8-16(31-13(2)28)21(32-15)26-11-24-18-17(22-10-23-18)19(26)25-20(29)14-6-4-3-5-7-14/h3-7,10-11,15-16,21H,8-9H2,1-2H3,(H,22,23)/t15-,16+,21+/m0/s1. The van der Waals surface area contributed by atoms with Crippen LogP contribution >= 0.6 is 0 Å². The molecule has 1 aliphatic rings. The van der Waals surface area contributed by atoms with E-state index in [2.05, 4.69) is 19.9 Å². The Morgan fingerprint density at radius 2 is 1.97 bits per heavy atom. The van der Waals surface area contributed by atoms with Gasteiger partial charge in [0.1, 0.15) is 24.6 Å². The molecule has 1 aliphatic heterocycles. The van der Waals surface area contributed by atoms with Crippen LogP contribution in [0.5, 0.6) is 0 Å². The fourth-order valence-electron chi connectivity index (χ4n) is 3.49. The molecule has 166 valence electrons. The number of esters is 2. The highest BCUT2D eigenvalue weighted by molar-refractivity contribution is 5.95. The number of nitrogens with zero attached hydrogens (tertiary/aromatic N) is 4. The molecule has 0 bridgehead atoms. The molecule has 3 heterocycles. The summed E-state index contributed by atoms with van der Waals surface area (Å²) in [6, 6.07) is 8.60. The third kappa shape index (κ3) is 4.57. The van der Waals surface area contributed by atoms with Crippen molar-refractivity contribution in [2.75, 3.05) is 6.61 Å². The Morgan fingerprint density at radius 1 is 1.19 bits per heavy atom. The van der Waals surface area contributed by atoms with E-state index in [1.165, 1.54) is 31.1 Å². The molecule has 1 fully saturated rings. The number of rotatable bonds is 5. The van der Waals surface area contributed by atoms with Gasteiger partial charge < -0.3 is 19.2 Å². The van der Waals surface area contributed by atoms with E-state index in [9.17, 15) is 14.4 Å². The van der Waals surface area contributed by atoms with Gasteiger partial charge in [0.2, 0.25) is 0 Å². The predicted octanol–water partition coefficient (Wildman–Crippen LogP) is 1.28. The molecule has 0 saturated carbocycles. The number of H-pyrrole nitrogens is 1. The van der Waals surface area contributed by atoms with Crippen molar-refractivity contribution >= 4 is 29.0 Å². The third-order valence-electron chi connectivity index (χ3n) is 4.83. The van der Waals surface area contributed by atoms with Gasteiger partial charge in [-0.05, 0) is 12.1 Å². The number of nitrogens with one attached hydrogen (secondary N) is 1. The maximum absolute atomic E-state index is 12.8. The van der Waals surface area contributed by atoms with Crippen LogP contribution in [0.15, 0.2) is 48.0 Å². The fraction of sp³-hybridized carbons (Fsp3) is 0.333. The van der Waals surface area contributed by atoms with Crippen molar-refractivity contribution in [3.63, 3.8) is 0 Å². The van der Waals surface area contributed by atoms with E-state index in [4.69, 9.17) is 14.2 Å². The van der Waals surface area contributed by atoms with Crippen LogP contribution in [0.1, 0.15) is 36.9 Å². The molecule has 11 nitrogen and oxygen atoms in total. The summed E-state index contributed by atoms with van der Waals surface area (Å²) in [5.41, 5.74) is 1.40. The van der Waals surface area contributed by atoms with E-state index in [0.717, 1.165) is 0 Å². The number of aromatic nitrogens is 4. The molecule has 11 heteroatoms. The molecule has 1 amide bonds. The minimum Gasteiger partial charge on any atom is -0.463 e. The zero-order chi connectivity index (χ0) is 22.7. The van der Waals surface area contributed by atoms with Crippen LogP contribution in [0.3, 0.4) is 0 Å². The largest absolute Gasteiger partial charge is 0.463 e. The highest BCUT2D eigenvalue weighted by atomic mass is 16.6. The molecule has 0 spiro atoms. The van der Waals surface area contributed by atoms with Crippen LogP contribution in [0.4, 0.5) is 0 Å². The van der Waals surface area contributed by atoms with Gasteiger partial charge in [0, 0.05) is 25.8 Å². The van der Waals surface area contributed by atoms with Gasteiger partial charge >= 0.3 is 11.9 Å². The molecular formula is C21H21N5O6. The summed E-state index contributed by atoms with van der Waals surface area (Å²) in [7, 11) is 0. The van der Waals surface area contributed by atoms with Crippen LogP contribution in [0.25, 0.3) is 11.2 Å². The van der Waals surface area contributed by atoms with Crippen molar-refractivity contribution in [2.24, 2.45) is 4.99 Å². The Kier molecular flexibility index (Phi) is 6.08. The summed E-state index contributed by atoms with van der Waals surface area (Å²) < 4.78 is 18.0. The van der Waals surface area contributed by atoms with Crippen LogP contribution in [-0.2, 0) is 23.8 Å². The zero-order valence-corrected chi connectivity index (χ0v) is 17.4. The van der Waals surface area contributed by atoms with E-state index in [1.54, 1.807) is 30.3 Å². The fourth-order valence-corrected chi connectivity index (χ4v) is 3.49. The summed E-state index contributed by atoms with van der Waals surface area (Å²) in [6.07, 6.45) is 1.09. The number of aromatic amines is 1. The smallest absolute Gasteiger partial charge is 0.303 e. The number of imidazole rings is 1. The zero-order valence-electron chi connectivity index (χ0n) is 17.4. The van der Waals surface area contributed by atoms with Gasteiger partial charge in [-0.1, -0.05) is 18.2 Å². The topological polar surface area (TPSA) is 138 Å². The molecule has 32 heavy (non-hydrogen) atoms. The lowest BCUT2D eigenvalue weighted by Crippen LogP contribution is -2.34. The highest BCUT2D eigenvalue weighted by Crippen LogP contribution is 2.31. The van der Waals surface area contributed by atoms with Crippen molar-refractivity contribution in [2.45, 2.75) is 38.7 Å². The molecule has 1 aromatic carbocycles. The first-order valence-corrected chi connectivity index (χ1v) is 9.92. The lowest BCUT2D eigenvalue weighted by Gasteiger charge is -2.21. The number of carbonyl (C=O) groups is 3. The van der Waals surface area contributed by atoms with Gasteiger partial charge in [0.15, 0.2) is 17.4 Å². The number of ether oxygens (including phenoxy) is 3. The third-order valence-corrected chi connectivity index (χ3v) is 4.83. The maximum Gasteiger partial charge on any atom is 0.303 e. The first-order valence-electron chi connectivity index (χ1n) is 9.92. The number of benzene rings is 1. The Labute approximate surface area is 182 Å².